The minimum atomic E-state index is -4.26. The van der Waals surface area contributed by atoms with Crippen molar-refractivity contribution < 1.29 is 17.6 Å². The lowest BCUT2D eigenvalue weighted by atomic mass is 9.78. The highest BCUT2D eigenvalue weighted by molar-refractivity contribution is 5.24. The predicted octanol–water partition coefficient (Wildman–Crippen LogP) is 7.94. The number of rotatable bonds is 9. The van der Waals surface area contributed by atoms with Gasteiger partial charge in [-0.2, -0.15) is 22.8 Å². The van der Waals surface area contributed by atoms with Crippen molar-refractivity contribution in [2.45, 2.75) is 70.4 Å². The molecule has 1 nitrogen and oxygen atoms in total. The summed E-state index contributed by atoms with van der Waals surface area (Å²) in [7, 11) is 0. The van der Waals surface area contributed by atoms with Gasteiger partial charge in [0.05, 0.1) is 5.56 Å². The summed E-state index contributed by atoms with van der Waals surface area (Å²) in [6.07, 6.45) is 11.6. The van der Waals surface area contributed by atoms with Crippen LogP contribution >= 0.6 is 0 Å². The molecule has 0 spiro atoms. The predicted molar refractivity (Wildman–Crippen MR) is 108 cm³/mol. The Morgan fingerprint density at radius 3 is 2.21 bits per heavy atom. The largest absolute Gasteiger partial charge is 0.416 e. The minimum absolute atomic E-state index is 0.584. The highest BCUT2D eigenvalue weighted by Crippen LogP contribution is 2.34. The van der Waals surface area contributed by atoms with E-state index in [1.165, 1.54) is 56.4 Å². The third kappa shape index (κ3) is 8.85. The Hall–Kier alpha value is -2.09. The van der Waals surface area contributed by atoms with Gasteiger partial charge in [-0.1, -0.05) is 62.8 Å². The van der Waals surface area contributed by atoms with Gasteiger partial charge in [-0.3, -0.25) is 0 Å². The monoisotopic (exact) mass is 407 g/mol. The van der Waals surface area contributed by atoms with Gasteiger partial charge in [0.15, 0.2) is 5.83 Å². The Labute approximate surface area is 171 Å². The molecule has 1 saturated carbocycles. The van der Waals surface area contributed by atoms with E-state index < -0.39 is 17.6 Å². The average molecular weight is 407 g/mol. The molecule has 0 unspecified atom stereocenters. The van der Waals surface area contributed by atoms with Crippen molar-refractivity contribution in [1.29, 1.82) is 5.26 Å². The van der Waals surface area contributed by atoms with Crippen LogP contribution in [0.5, 0.6) is 0 Å². The second-order valence-corrected chi connectivity index (χ2v) is 7.96. The normalized spacial score (nSPS) is 20.7. The summed E-state index contributed by atoms with van der Waals surface area (Å²) in [5.41, 5.74) is 0.388. The molecule has 1 aliphatic carbocycles. The van der Waals surface area contributed by atoms with Gasteiger partial charge in [0.25, 0.3) is 0 Å². The van der Waals surface area contributed by atoms with E-state index in [1.54, 1.807) is 18.2 Å². The standard InChI is InChI=1S/C24H29F4N/c25-23(18-29)9-3-1-2-6-19-10-12-20(13-11-19)7-4-5-8-21-14-16-22(17-15-21)24(26,27)28/h1,3,9,14-17,19-20H,2,4-8,10-13H2. The van der Waals surface area contributed by atoms with E-state index in [0.29, 0.717) is 0 Å². The first-order valence-corrected chi connectivity index (χ1v) is 10.5. The molecule has 0 radical (unpaired) electrons. The number of nitrogens with zero attached hydrogens (tertiary/aromatic N) is 1. The van der Waals surface area contributed by atoms with E-state index in [0.717, 1.165) is 49.5 Å². The van der Waals surface area contributed by atoms with Crippen LogP contribution in [0.4, 0.5) is 17.6 Å². The lowest BCUT2D eigenvalue weighted by molar-refractivity contribution is -0.137. The number of unbranched alkanes of at least 4 members (excludes halogenated alkanes) is 1. The molecule has 0 bridgehead atoms. The number of hydrogen-bond donors (Lipinski definition) is 0. The van der Waals surface area contributed by atoms with Gasteiger partial charge in [0.2, 0.25) is 0 Å². The van der Waals surface area contributed by atoms with E-state index >= 15 is 0 Å². The molecule has 0 amide bonds. The highest BCUT2D eigenvalue weighted by atomic mass is 19.4. The van der Waals surface area contributed by atoms with Crippen LogP contribution in [0.2, 0.25) is 0 Å². The van der Waals surface area contributed by atoms with Gasteiger partial charge in [-0.05, 0) is 61.3 Å². The van der Waals surface area contributed by atoms with Crippen molar-refractivity contribution in [3.63, 3.8) is 0 Å². The fourth-order valence-electron chi connectivity index (χ4n) is 4.05. The van der Waals surface area contributed by atoms with Crippen LogP contribution < -0.4 is 0 Å². The van der Waals surface area contributed by atoms with Gasteiger partial charge >= 0.3 is 6.18 Å². The van der Waals surface area contributed by atoms with Gasteiger partial charge in [-0.25, -0.2) is 0 Å². The fraction of sp³-hybridized carbons (Fsp3) is 0.542. The molecular formula is C24H29F4N. The van der Waals surface area contributed by atoms with Crippen molar-refractivity contribution >= 4 is 0 Å². The molecule has 0 aromatic heterocycles. The van der Waals surface area contributed by atoms with Crippen molar-refractivity contribution in [3.05, 3.63) is 59.4 Å². The molecule has 5 heteroatoms. The number of aryl methyl sites for hydroxylation is 1. The molecule has 1 fully saturated rings. The Kier molecular flexibility index (Phi) is 9.44. The van der Waals surface area contributed by atoms with Gasteiger partial charge in [0.1, 0.15) is 6.07 Å². The zero-order valence-corrected chi connectivity index (χ0v) is 16.7. The molecule has 0 N–H and O–H groups in total. The molecule has 1 aliphatic rings. The summed E-state index contributed by atoms with van der Waals surface area (Å²) in [6, 6.07) is 6.97. The van der Waals surface area contributed by atoms with Crippen molar-refractivity contribution in [3.8, 4) is 6.07 Å². The molecule has 0 heterocycles. The number of allylic oxidation sites excluding steroid dienone is 4. The summed E-state index contributed by atoms with van der Waals surface area (Å²) >= 11 is 0. The number of benzene rings is 1. The third-order valence-electron chi connectivity index (χ3n) is 5.80. The molecule has 1 aromatic rings. The van der Waals surface area contributed by atoms with E-state index in [-0.39, 0.29) is 0 Å². The Morgan fingerprint density at radius 2 is 1.62 bits per heavy atom. The van der Waals surface area contributed by atoms with Crippen LogP contribution in [-0.4, -0.2) is 0 Å². The fourth-order valence-corrected chi connectivity index (χ4v) is 4.05. The van der Waals surface area contributed by atoms with Gasteiger partial charge in [0, 0.05) is 0 Å². The zero-order valence-electron chi connectivity index (χ0n) is 16.7. The van der Waals surface area contributed by atoms with E-state index in [4.69, 9.17) is 5.26 Å². The van der Waals surface area contributed by atoms with E-state index in [9.17, 15) is 17.6 Å². The maximum absolute atomic E-state index is 12.6. The molecule has 0 aliphatic heterocycles. The van der Waals surface area contributed by atoms with Gasteiger partial charge < -0.3 is 0 Å². The van der Waals surface area contributed by atoms with Crippen molar-refractivity contribution in [2.24, 2.45) is 11.8 Å². The summed E-state index contributed by atoms with van der Waals surface area (Å²) in [5.74, 6) is 0.731. The molecule has 0 saturated heterocycles. The van der Waals surface area contributed by atoms with Crippen molar-refractivity contribution in [2.75, 3.05) is 0 Å². The molecule has 158 valence electrons. The van der Waals surface area contributed by atoms with E-state index in [1.807, 2.05) is 6.08 Å². The first-order valence-electron chi connectivity index (χ1n) is 10.5. The maximum Gasteiger partial charge on any atom is 0.416 e. The smallest absolute Gasteiger partial charge is 0.195 e. The second-order valence-electron chi connectivity index (χ2n) is 7.96. The maximum atomic E-state index is 12.6. The van der Waals surface area contributed by atoms with Crippen molar-refractivity contribution in [1.82, 2.24) is 0 Å². The first-order chi connectivity index (χ1) is 13.9. The molecule has 29 heavy (non-hydrogen) atoms. The van der Waals surface area contributed by atoms with Crippen LogP contribution in [0.15, 0.2) is 48.3 Å². The summed E-state index contributed by atoms with van der Waals surface area (Å²) in [6.45, 7) is 0. The van der Waals surface area contributed by atoms with Crippen LogP contribution in [-0.2, 0) is 12.6 Å². The third-order valence-corrected chi connectivity index (χ3v) is 5.80. The zero-order chi connectivity index (χ0) is 21.1. The van der Waals surface area contributed by atoms with Crippen LogP contribution in [0.25, 0.3) is 0 Å². The quantitative estimate of drug-likeness (QED) is 0.176. The number of halogens is 4. The SMILES string of the molecule is N#CC(F)=CC=CCCC1CCC(CCCCc2ccc(C(F)(F)F)cc2)CC1. The Morgan fingerprint density at radius 1 is 1.00 bits per heavy atom. The van der Waals surface area contributed by atoms with Crippen LogP contribution in [0.3, 0.4) is 0 Å². The lowest BCUT2D eigenvalue weighted by Crippen LogP contribution is -2.14. The first kappa shape index (κ1) is 23.2. The Bertz CT molecular complexity index is 702. The summed E-state index contributed by atoms with van der Waals surface area (Å²) in [5, 5.41) is 8.33. The molecule has 0 atom stereocenters. The highest BCUT2D eigenvalue weighted by Gasteiger charge is 2.29. The number of hydrogen-bond acceptors (Lipinski definition) is 1. The minimum Gasteiger partial charge on any atom is -0.195 e. The Balaban J connectivity index is 1.56. The van der Waals surface area contributed by atoms with Gasteiger partial charge in [-0.15, -0.1) is 0 Å². The van der Waals surface area contributed by atoms with Crippen LogP contribution in [0, 0.1) is 23.2 Å². The number of alkyl halides is 3. The van der Waals surface area contributed by atoms with E-state index in [2.05, 4.69) is 0 Å². The lowest BCUT2D eigenvalue weighted by Gasteiger charge is -2.28. The molecular weight excluding hydrogens is 378 g/mol. The topological polar surface area (TPSA) is 23.8 Å². The average Bonchev–Trinajstić information content (AvgIpc) is 2.71. The molecule has 2 rings (SSSR count). The van der Waals surface area contributed by atoms with Crippen LogP contribution in [0.1, 0.15) is 68.9 Å². The summed E-state index contributed by atoms with van der Waals surface area (Å²) < 4.78 is 50.4. The second kappa shape index (κ2) is 11.8. The number of nitriles is 1. The summed E-state index contributed by atoms with van der Waals surface area (Å²) in [4.78, 5) is 0. The molecule has 1 aromatic carbocycles.